The van der Waals surface area contributed by atoms with Crippen molar-refractivity contribution < 1.29 is 19.0 Å². The smallest absolute Gasteiger partial charge is 0.151 e. The Hall–Kier alpha value is -2.91. The Morgan fingerprint density at radius 2 is 1.77 bits per heavy atom. The first kappa shape index (κ1) is 26.3. The van der Waals surface area contributed by atoms with Crippen LogP contribution in [-0.4, -0.2) is 106 Å². The van der Waals surface area contributed by atoms with Crippen LogP contribution >= 0.6 is 0 Å². The first-order valence-corrected chi connectivity index (χ1v) is 14.2. The zero-order chi connectivity index (χ0) is 26.6. The zero-order valence-electron chi connectivity index (χ0n) is 23.2. The molecule has 6 rings (SSSR count). The minimum absolute atomic E-state index is 0.0124. The number of hydrogen-bond donors (Lipinski definition) is 0. The molecule has 4 aliphatic heterocycles. The number of ether oxygens (including phenoxy) is 3. The number of methoxy groups -OCH3 is 1. The lowest BCUT2D eigenvalue weighted by atomic mass is 9.89. The molecule has 2 aromatic rings. The van der Waals surface area contributed by atoms with Crippen molar-refractivity contribution in [2.45, 2.75) is 19.6 Å². The fourth-order valence-electron chi connectivity index (χ4n) is 6.07. The highest BCUT2D eigenvalue weighted by Crippen LogP contribution is 2.38. The molecule has 2 aromatic carbocycles. The largest absolute Gasteiger partial charge is 0.496 e. The minimum atomic E-state index is 0.0124. The average molecular weight is 533 g/mol. The van der Waals surface area contributed by atoms with E-state index in [-0.39, 0.29) is 12.0 Å². The Morgan fingerprint density at radius 1 is 1.00 bits per heavy atom. The van der Waals surface area contributed by atoms with Crippen molar-refractivity contribution in [3.63, 3.8) is 0 Å². The van der Waals surface area contributed by atoms with Gasteiger partial charge in [-0.25, -0.2) is 0 Å². The van der Waals surface area contributed by atoms with Crippen molar-refractivity contribution in [2.75, 3.05) is 79.3 Å². The molecule has 0 saturated carbocycles. The van der Waals surface area contributed by atoms with E-state index in [1.165, 1.54) is 11.1 Å². The summed E-state index contributed by atoms with van der Waals surface area (Å²) in [6.07, 6.45) is 2.30. The molecular formula is C31H40N4O4. The van der Waals surface area contributed by atoms with E-state index in [2.05, 4.69) is 75.3 Å². The van der Waals surface area contributed by atoms with Gasteiger partial charge < -0.3 is 19.0 Å². The van der Waals surface area contributed by atoms with E-state index in [1.807, 2.05) is 0 Å². The topological polar surface area (TPSA) is 59.0 Å². The molecule has 8 heteroatoms. The SMILES string of the molecule is COc1cc2c(cc1CN1CCOCC1)OCC1C2=NOC1CN1CCN(CC(C)=Cc2ccccc2)CC1. The molecule has 0 radical (unpaired) electrons. The van der Waals surface area contributed by atoms with E-state index in [4.69, 9.17) is 19.0 Å². The van der Waals surface area contributed by atoms with Gasteiger partial charge in [0, 0.05) is 70.0 Å². The summed E-state index contributed by atoms with van der Waals surface area (Å²) < 4.78 is 17.6. The second kappa shape index (κ2) is 12.1. The molecular weight excluding hydrogens is 492 g/mol. The summed E-state index contributed by atoms with van der Waals surface area (Å²) in [5.74, 6) is 1.90. The lowest BCUT2D eigenvalue weighted by Crippen LogP contribution is -2.50. The van der Waals surface area contributed by atoms with Crippen molar-refractivity contribution in [3.8, 4) is 11.5 Å². The molecule has 208 valence electrons. The Balaban J connectivity index is 1.04. The lowest BCUT2D eigenvalue weighted by molar-refractivity contribution is 0.0101. The van der Waals surface area contributed by atoms with Crippen LogP contribution in [0.15, 0.2) is 53.2 Å². The molecule has 0 spiro atoms. The van der Waals surface area contributed by atoms with Gasteiger partial charge in [-0.1, -0.05) is 47.1 Å². The van der Waals surface area contributed by atoms with E-state index in [1.54, 1.807) is 7.11 Å². The maximum Gasteiger partial charge on any atom is 0.151 e. The number of hydrogen-bond acceptors (Lipinski definition) is 8. The van der Waals surface area contributed by atoms with Gasteiger partial charge in [0.05, 0.1) is 26.2 Å². The van der Waals surface area contributed by atoms with Gasteiger partial charge in [0.25, 0.3) is 0 Å². The van der Waals surface area contributed by atoms with Gasteiger partial charge in [-0.3, -0.25) is 14.7 Å². The summed E-state index contributed by atoms with van der Waals surface area (Å²) >= 11 is 0. The van der Waals surface area contributed by atoms with Crippen LogP contribution in [0, 0.1) is 5.92 Å². The molecule has 39 heavy (non-hydrogen) atoms. The summed E-state index contributed by atoms with van der Waals surface area (Å²) in [5, 5.41) is 4.57. The third-order valence-electron chi connectivity index (χ3n) is 8.25. The van der Waals surface area contributed by atoms with E-state index < -0.39 is 0 Å². The number of morpholine rings is 1. The Bertz CT molecular complexity index is 1190. The molecule has 0 amide bonds. The van der Waals surface area contributed by atoms with E-state index in [0.29, 0.717) is 6.61 Å². The molecule has 2 unspecified atom stereocenters. The van der Waals surface area contributed by atoms with Crippen LogP contribution in [0.25, 0.3) is 6.08 Å². The number of piperazine rings is 1. The van der Waals surface area contributed by atoms with Crippen molar-refractivity contribution in [1.29, 1.82) is 0 Å². The van der Waals surface area contributed by atoms with E-state index >= 15 is 0 Å². The molecule has 2 fully saturated rings. The second-order valence-corrected chi connectivity index (χ2v) is 11.1. The number of benzene rings is 2. The van der Waals surface area contributed by atoms with Gasteiger partial charge in [-0.15, -0.1) is 0 Å². The minimum Gasteiger partial charge on any atom is -0.496 e. The monoisotopic (exact) mass is 532 g/mol. The maximum absolute atomic E-state index is 6.30. The molecule has 0 aromatic heterocycles. The van der Waals surface area contributed by atoms with Crippen LogP contribution in [0.4, 0.5) is 0 Å². The number of oxime groups is 1. The quantitative estimate of drug-likeness (QED) is 0.517. The predicted octanol–water partition coefficient (Wildman–Crippen LogP) is 3.36. The first-order valence-electron chi connectivity index (χ1n) is 14.2. The fraction of sp³-hybridized carbons (Fsp3) is 0.516. The van der Waals surface area contributed by atoms with Crippen LogP contribution in [0.3, 0.4) is 0 Å². The Labute approximate surface area is 231 Å². The van der Waals surface area contributed by atoms with Crippen LogP contribution in [0.5, 0.6) is 11.5 Å². The van der Waals surface area contributed by atoms with Gasteiger partial charge in [0.2, 0.25) is 0 Å². The van der Waals surface area contributed by atoms with Gasteiger partial charge in [0.15, 0.2) is 6.10 Å². The summed E-state index contributed by atoms with van der Waals surface area (Å²) in [5.41, 5.74) is 5.80. The standard InChI is InChI=1S/C31H40N4O4/c1-23(16-24-6-4-3-5-7-24)19-33-8-10-34(11-9-33)21-30-27-22-38-29-17-25(20-35-12-14-37-15-13-35)28(36-2)18-26(29)31(27)32-39-30/h3-7,16-18,27,30H,8-15,19-22H2,1-2H3. The summed E-state index contributed by atoms with van der Waals surface area (Å²) in [4.78, 5) is 13.5. The Kier molecular flexibility index (Phi) is 8.16. The summed E-state index contributed by atoms with van der Waals surface area (Å²) in [7, 11) is 1.74. The number of nitrogens with zero attached hydrogens (tertiary/aromatic N) is 4. The van der Waals surface area contributed by atoms with Gasteiger partial charge in [-0.05, 0) is 24.6 Å². The van der Waals surface area contributed by atoms with Gasteiger partial charge >= 0.3 is 0 Å². The molecule has 8 nitrogen and oxygen atoms in total. The predicted molar refractivity (Wildman–Crippen MR) is 152 cm³/mol. The van der Waals surface area contributed by atoms with Crippen molar-refractivity contribution in [1.82, 2.24) is 14.7 Å². The number of fused-ring (bicyclic) bond motifs is 3. The third kappa shape index (κ3) is 6.14. The van der Waals surface area contributed by atoms with Gasteiger partial charge in [0.1, 0.15) is 23.8 Å². The normalized spacial score (nSPS) is 24.4. The molecule has 4 heterocycles. The highest BCUT2D eigenvalue weighted by molar-refractivity contribution is 6.06. The van der Waals surface area contributed by atoms with Gasteiger partial charge in [-0.2, -0.15) is 0 Å². The molecule has 4 aliphatic rings. The maximum atomic E-state index is 6.30. The third-order valence-corrected chi connectivity index (χ3v) is 8.25. The van der Waals surface area contributed by atoms with Crippen molar-refractivity contribution in [3.05, 3.63) is 64.7 Å². The zero-order valence-corrected chi connectivity index (χ0v) is 23.2. The average Bonchev–Trinajstić information content (AvgIpc) is 3.37. The van der Waals surface area contributed by atoms with Crippen LogP contribution < -0.4 is 9.47 Å². The second-order valence-electron chi connectivity index (χ2n) is 11.1. The van der Waals surface area contributed by atoms with Crippen molar-refractivity contribution in [2.24, 2.45) is 11.1 Å². The fourth-order valence-corrected chi connectivity index (χ4v) is 6.07. The molecule has 0 aliphatic carbocycles. The van der Waals surface area contributed by atoms with E-state index in [9.17, 15) is 0 Å². The summed E-state index contributed by atoms with van der Waals surface area (Å²) in [6.45, 7) is 13.2. The highest BCUT2D eigenvalue weighted by Gasteiger charge is 2.41. The highest BCUT2D eigenvalue weighted by atomic mass is 16.6. The molecule has 0 N–H and O–H groups in total. The Morgan fingerprint density at radius 3 is 2.54 bits per heavy atom. The van der Waals surface area contributed by atoms with Crippen LogP contribution in [-0.2, 0) is 16.1 Å². The molecule has 0 bridgehead atoms. The van der Waals surface area contributed by atoms with Crippen LogP contribution in [0.2, 0.25) is 0 Å². The molecule has 2 atom stereocenters. The lowest BCUT2D eigenvalue weighted by Gasteiger charge is -2.36. The number of rotatable bonds is 8. The van der Waals surface area contributed by atoms with Crippen molar-refractivity contribution >= 4 is 11.8 Å². The molecule has 2 saturated heterocycles. The summed E-state index contributed by atoms with van der Waals surface area (Å²) in [6, 6.07) is 14.8. The van der Waals surface area contributed by atoms with E-state index in [0.717, 1.165) is 100 Å². The first-order chi connectivity index (χ1) is 19.2. The van der Waals surface area contributed by atoms with Crippen LogP contribution in [0.1, 0.15) is 23.6 Å².